The first-order chi connectivity index (χ1) is 16.9. The molecule has 2 aromatic carbocycles. The van der Waals surface area contributed by atoms with Crippen LogP contribution in [0.25, 0.3) is 0 Å². The number of nitrogens with one attached hydrogen (secondary N) is 4. The van der Waals surface area contributed by atoms with Gasteiger partial charge in [0.25, 0.3) is 0 Å². The monoisotopic (exact) mass is 530 g/mol. The second-order valence-electron chi connectivity index (χ2n) is 6.85. The Kier molecular flexibility index (Phi) is 7.79. The summed E-state index contributed by atoms with van der Waals surface area (Å²) in [6, 6.07) is 11.9. The van der Waals surface area contributed by atoms with Crippen molar-refractivity contribution in [3.05, 3.63) is 60.9 Å². The van der Waals surface area contributed by atoms with Gasteiger partial charge >= 0.3 is 0 Å². The van der Waals surface area contributed by atoms with E-state index in [1.54, 1.807) is 24.3 Å². The summed E-state index contributed by atoms with van der Waals surface area (Å²) in [6.45, 7) is 0. The van der Waals surface area contributed by atoms with Gasteiger partial charge in [-0.15, -0.1) is 10.2 Å². The van der Waals surface area contributed by atoms with E-state index in [9.17, 15) is 18.0 Å². The molecule has 0 aliphatic carbocycles. The predicted octanol–water partition coefficient (Wildman–Crippen LogP) is 2.22. The number of H-pyrrole nitrogens is 2. The number of aromatic nitrogens is 6. The van der Waals surface area contributed by atoms with Crippen LogP contribution in [0.4, 0.5) is 11.4 Å². The van der Waals surface area contributed by atoms with Gasteiger partial charge in [-0.05, 0) is 36.4 Å². The minimum Gasteiger partial charge on any atom is -0.325 e. The maximum Gasteiger partial charge on any atom is 0.234 e. The molecule has 0 spiro atoms. The molecule has 4 N–H and O–H groups in total. The number of aromatic amines is 2. The van der Waals surface area contributed by atoms with E-state index >= 15 is 0 Å². The molecule has 0 aliphatic heterocycles. The third kappa shape index (κ3) is 6.68. The van der Waals surface area contributed by atoms with Gasteiger partial charge in [-0.25, -0.2) is 8.42 Å². The Bertz CT molecular complexity index is 1310. The van der Waals surface area contributed by atoms with Crippen molar-refractivity contribution in [2.45, 2.75) is 19.8 Å². The van der Waals surface area contributed by atoms with Gasteiger partial charge < -0.3 is 10.6 Å². The lowest BCUT2D eigenvalue weighted by Gasteiger charge is -2.10. The largest absolute Gasteiger partial charge is 0.325 e. The van der Waals surface area contributed by atoms with E-state index in [1.807, 2.05) is 0 Å². The molecule has 12 nitrogen and oxygen atoms in total. The van der Waals surface area contributed by atoms with Gasteiger partial charge in [0, 0.05) is 11.4 Å². The molecule has 15 heteroatoms. The molecule has 180 valence electrons. The van der Waals surface area contributed by atoms with E-state index < -0.39 is 9.84 Å². The van der Waals surface area contributed by atoms with E-state index in [0.29, 0.717) is 21.4 Å². The fourth-order valence-electron chi connectivity index (χ4n) is 2.81. The van der Waals surface area contributed by atoms with Crippen LogP contribution in [0.5, 0.6) is 0 Å². The third-order valence-electron chi connectivity index (χ3n) is 4.34. The first kappa shape index (κ1) is 24.4. The van der Waals surface area contributed by atoms with Crippen LogP contribution in [0.2, 0.25) is 0 Å². The summed E-state index contributed by atoms with van der Waals surface area (Å²) in [5, 5.41) is 26.5. The van der Waals surface area contributed by atoms with E-state index in [4.69, 9.17) is 0 Å². The average molecular weight is 531 g/mol. The van der Waals surface area contributed by atoms with Gasteiger partial charge in [0.15, 0.2) is 0 Å². The van der Waals surface area contributed by atoms with Crippen molar-refractivity contribution in [1.29, 1.82) is 0 Å². The molecule has 4 rings (SSSR count). The average Bonchev–Trinajstić information content (AvgIpc) is 3.56. The van der Waals surface area contributed by atoms with Crippen LogP contribution >= 0.6 is 23.5 Å². The zero-order chi connectivity index (χ0) is 24.7. The fraction of sp³-hybridized carbons (Fsp3) is 0.100. The molecule has 2 heterocycles. The summed E-state index contributed by atoms with van der Waals surface area (Å²) in [6.07, 6.45) is 2.99. The Labute approximate surface area is 208 Å². The highest BCUT2D eigenvalue weighted by molar-refractivity contribution is 8.00. The predicted molar refractivity (Wildman–Crippen MR) is 130 cm³/mol. The van der Waals surface area contributed by atoms with Gasteiger partial charge in [0.2, 0.25) is 21.7 Å². The summed E-state index contributed by atoms with van der Waals surface area (Å²) in [4.78, 5) is 24.5. The minimum atomic E-state index is -3.91. The number of sulfone groups is 1. The van der Waals surface area contributed by atoms with Gasteiger partial charge in [-0.2, -0.15) is 20.6 Å². The number of benzene rings is 2. The Morgan fingerprint density at radius 2 is 1.23 bits per heavy atom. The number of anilines is 2. The molecule has 2 amide bonds. The van der Waals surface area contributed by atoms with E-state index in [-0.39, 0.29) is 33.1 Å². The number of amides is 2. The topological polar surface area (TPSA) is 175 Å². The number of hydrogen-bond donors (Lipinski definition) is 4. The van der Waals surface area contributed by atoms with E-state index in [2.05, 4.69) is 41.5 Å². The zero-order valence-electron chi connectivity index (χ0n) is 17.8. The van der Waals surface area contributed by atoms with Crippen LogP contribution in [-0.4, -0.2) is 62.6 Å². The lowest BCUT2D eigenvalue weighted by atomic mass is 10.3. The number of nitrogens with zero attached hydrogens (tertiary/aromatic N) is 4. The van der Waals surface area contributed by atoms with Crippen LogP contribution in [0.3, 0.4) is 0 Å². The van der Waals surface area contributed by atoms with Crippen molar-refractivity contribution in [3.8, 4) is 0 Å². The van der Waals surface area contributed by atoms with Crippen LogP contribution < -0.4 is 10.6 Å². The molecular weight excluding hydrogens is 512 g/mol. The van der Waals surface area contributed by atoms with Crippen molar-refractivity contribution in [2.24, 2.45) is 0 Å². The summed E-state index contributed by atoms with van der Waals surface area (Å²) < 4.78 is 26.4. The number of thioether (sulfide) groups is 2. The van der Waals surface area contributed by atoms with Crippen molar-refractivity contribution in [2.75, 3.05) is 22.1 Å². The summed E-state index contributed by atoms with van der Waals surface area (Å²) in [7, 11) is -3.91. The Balaban J connectivity index is 1.41. The van der Waals surface area contributed by atoms with Crippen molar-refractivity contribution >= 4 is 56.6 Å². The van der Waals surface area contributed by atoms with Crippen LogP contribution in [0.1, 0.15) is 0 Å². The van der Waals surface area contributed by atoms with Crippen LogP contribution in [0.15, 0.2) is 80.8 Å². The summed E-state index contributed by atoms with van der Waals surface area (Å²) >= 11 is 2.38. The first-order valence-corrected chi connectivity index (χ1v) is 13.4. The van der Waals surface area contributed by atoms with E-state index in [1.165, 1.54) is 60.2 Å². The van der Waals surface area contributed by atoms with Gasteiger partial charge in [0.05, 0.1) is 33.7 Å². The third-order valence-corrected chi connectivity index (χ3v) is 7.89. The molecule has 0 radical (unpaired) electrons. The molecule has 0 saturated heterocycles. The number of hydrogen-bond acceptors (Lipinski definition) is 10. The summed E-state index contributed by atoms with van der Waals surface area (Å²) in [5.41, 5.74) is 0.678. The number of carbonyl (C=O) groups is 2. The summed E-state index contributed by atoms with van der Waals surface area (Å²) in [5.74, 6) is -0.470. The fourth-order valence-corrected chi connectivity index (χ4v) is 5.33. The molecule has 0 fully saturated rings. The van der Waals surface area contributed by atoms with Crippen LogP contribution in [-0.2, 0) is 19.4 Å². The van der Waals surface area contributed by atoms with Crippen molar-refractivity contribution in [3.63, 3.8) is 0 Å². The van der Waals surface area contributed by atoms with Gasteiger partial charge in [-0.1, -0.05) is 35.7 Å². The van der Waals surface area contributed by atoms with E-state index in [0.717, 1.165) is 0 Å². The zero-order valence-corrected chi connectivity index (χ0v) is 20.3. The SMILES string of the molecule is O=C(CSc1cn[nH]n1)Nc1cccc(S(=O)(=O)c2cccc(NC(=O)CSc3cn[nH]n3)c2)c1. The van der Waals surface area contributed by atoms with Crippen molar-refractivity contribution < 1.29 is 18.0 Å². The lowest BCUT2D eigenvalue weighted by molar-refractivity contribution is -0.114. The maximum absolute atomic E-state index is 13.2. The molecule has 35 heavy (non-hydrogen) atoms. The molecule has 0 bridgehead atoms. The van der Waals surface area contributed by atoms with Crippen molar-refractivity contribution in [1.82, 2.24) is 30.8 Å². The lowest BCUT2D eigenvalue weighted by Crippen LogP contribution is -2.15. The Hall–Kier alpha value is -3.69. The molecule has 0 saturated carbocycles. The second-order valence-corrected chi connectivity index (χ2v) is 10.8. The molecule has 4 aromatic rings. The molecule has 2 aromatic heterocycles. The molecular formula is C20H18N8O4S3. The maximum atomic E-state index is 13.2. The first-order valence-electron chi connectivity index (χ1n) is 9.92. The minimum absolute atomic E-state index is 0.00418. The van der Waals surface area contributed by atoms with Gasteiger partial charge in [0.1, 0.15) is 10.1 Å². The molecule has 0 aliphatic rings. The highest BCUT2D eigenvalue weighted by Crippen LogP contribution is 2.26. The van der Waals surface area contributed by atoms with Gasteiger partial charge in [-0.3, -0.25) is 9.59 Å². The normalized spacial score (nSPS) is 11.2. The smallest absolute Gasteiger partial charge is 0.234 e. The quantitative estimate of drug-likeness (QED) is 0.222. The second kappa shape index (κ2) is 11.2. The Morgan fingerprint density at radius 1 is 0.771 bits per heavy atom. The highest BCUT2D eigenvalue weighted by atomic mass is 32.2. The number of rotatable bonds is 10. The Morgan fingerprint density at radius 3 is 1.63 bits per heavy atom. The molecule has 0 atom stereocenters. The molecule has 0 unspecified atom stereocenters. The standard InChI is InChI=1S/C20H18N8O4S3/c29-17(11-33-19-9-21-27-25-19)23-13-3-1-5-15(7-13)35(31,32)16-6-2-4-14(8-16)24-18(30)12-34-20-10-22-28-26-20/h1-10H,11-12H2,(H,23,29)(H,24,30)(H,21,25,27)(H,22,26,28). The number of carbonyl (C=O) groups excluding carboxylic acids is 2. The van der Waals surface area contributed by atoms with Crippen LogP contribution in [0, 0.1) is 0 Å². The highest BCUT2D eigenvalue weighted by Gasteiger charge is 2.19.